The molecule has 10 nitrogen and oxygen atoms in total. The number of nitrogens with one attached hydrogen (secondary N) is 1. The van der Waals surface area contributed by atoms with Crippen LogP contribution in [0.3, 0.4) is 0 Å². The number of hydrogen-bond donors (Lipinski definition) is 1. The molecule has 0 fully saturated rings. The van der Waals surface area contributed by atoms with Crippen LogP contribution in [-0.4, -0.2) is 30.7 Å². The van der Waals surface area contributed by atoms with Crippen LogP contribution in [0.2, 0.25) is 0 Å². The zero-order chi connectivity index (χ0) is 21.3. The predicted octanol–water partition coefficient (Wildman–Crippen LogP) is 1.58. The van der Waals surface area contributed by atoms with E-state index in [2.05, 4.69) is 10.3 Å². The molecule has 3 rings (SSSR count). The van der Waals surface area contributed by atoms with Gasteiger partial charge in [-0.05, 0) is 24.6 Å². The van der Waals surface area contributed by atoms with Gasteiger partial charge in [0.05, 0.1) is 16.1 Å². The molecule has 2 aromatic heterocycles. The summed E-state index contributed by atoms with van der Waals surface area (Å²) in [7, 11) is 2.92. The largest absolute Gasteiger partial charge is 0.332 e. The minimum atomic E-state index is -0.521. The summed E-state index contributed by atoms with van der Waals surface area (Å²) in [5.41, 5.74) is 0.361. The number of nitro groups is 1. The van der Waals surface area contributed by atoms with E-state index in [0.717, 1.165) is 16.3 Å². The number of anilines is 1. The van der Waals surface area contributed by atoms with Gasteiger partial charge in [-0.1, -0.05) is 0 Å². The summed E-state index contributed by atoms with van der Waals surface area (Å²) >= 11 is 1.16. The van der Waals surface area contributed by atoms with Crippen molar-refractivity contribution in [3.63, 3.8) is 0 Å². The molecule has 0 saturated heterocycles. The number of aromatic nitrogens is 3. The monoisotopic (exact) mass is 415 g/mol. The Morgan fingerprint density at radius 3 is 2.48 bits per heavy atom. The Hall–Kier alpha value is -3.47. The van der Waals surface area contributed by atoms with Gasteiger partial charge in [-0.15, -0.1) is 11.8 Å². The maximum Gasteiger partial charge on any atom is 0.332 e. The van der Waals surface area contributed by atoms with Gasteiger partial charge in [0.15, 0.2) is 0 Å². The lowest BCUT2D eigenvalue weighted by Gasteiger charge is -2.12. The first-order valence-electron chi connectivity index (χ1n) is 8.43. The van der Waals surface area contributed by atoms with Crippen molar-refractivity contribution >= 4 is 40.1 Å². The quantitative estimate of drug-likeness (QED) is 0.380. The molecule has 29 heavy (non-hydrogen) atoms. The van der Waals surface area contributed by atoms with Gasteiger partial charge in [-0.3, -0.25) is 28.8 Å². The molecule has 1 N–H and O–H groups in total. The molecule has 0 atom stereocenters. The number of nitro benzene ring substituents is 1. The predicted molar refractivity (Wildman–Crippen MR) is 109 cm³/mol. The number of carbonyl (C=O) groups excluding carboxylic acids is 1. The van der Waals surface area contributed by atoms with Gasteiger partial charge >= 0.3 is 5.69 Å². The third-order valence-electron chi connectivity index (χ3n) is 4.31. The third kappa shape index (κ3) is 3.90. The van der Waals surface area contributed by atoms with E-state index in [0.29, 0.717) is 16.1 Å². The minimum absolute atomic E-state index is 0.00291. The molecule has 0 unspecified atom stereocenters. The van der Waals surface area contributed by atoms with Gasteiger partial charge in [0, 0.05) is 43.0 Å². The number of thioether (sulfide) groups is 1. The summed E-state index contributed by atoms with van der Waals surface area (Å²) in [5, 5.41) is 13.6. The first-order chi connectivity index (χ1) is 13.7. The Balaban J connectivity index is 1.86. The van der Waals surface area contributed by atoms with Crippen LogP contribution < -0.4 is 16.6 Å². The minimum Gasteiger partial charge on any atom is -0.325 e. The van der Waals surface area contributed by atoms with Gasteiger partial charge in [-0.2, -0.15) is 0 Å². The smallest absolute Gasteiger partial charge is 0.325 e. The molecule has 11 heteroatoms. The fourth-order valence-corrected chi connectivity index (χ4v) is 3.74. The van der Waals surface area contributed by atoms with Gasteiger partial charge < -0.3 is 5.32 Å². The number of fused-ring (bicyclic) bond motifs is 1. The van der Waals surface area contributed by atoms with Crippen LogP contribution in [0.1, 0.15) is 5.56 Å². The lowest BCUT2D eigenvalue weighted by molar-refractivity contribution is -0.384. The van der Waals surface area contributed by atoms with Gasteiger partial charge in [0.2, 0.25) is 5.91 Å². The second kappa shape index (κ2) is 7.87. The molecule has 0 radical (unpaired) electrons. The van der Waals surface area contributed by atoms with Crippen LogP contribution in [0.4, 0.5) is 11.4 Å². The average molecular weight is 415 g/mol. The van der Waals surface area contributed by atoms with Crippen LogP contribution in [0.15, 0.2) is 44.9 Å². The lowest BCUT2D eigenvalue weighted by atomic mass is 10.2. The Bertz CT molecular complexity index is 1250. The molecule has 0 bridgehead atoms. The van der Waals surface area contributed by atoms with Crippen LogP contribution in [0.25, 0.3) is 11.0 Å². The van der Waals surface area contributed by atoms with Crippen LogP contribution in [0.5, 0.6) is 0 Å². The number of aryl methyl sites for hydroxylation is 2. The molecular weight excluding hydrogens is 398 g/mol. The third-order valence-corrected chi connectivity index (χ3v) is 5.53. The number of hydrogen-bond acceptors (Lipinski definition) is 7. The average Bonchev–Trinajstić information content (AvgIpc) is 2.69. The number of amides is 1. The molecule has 0 aliphatic carbocycles. The number of non-ortho nitro benzene ring substituents is 1. The summed E-state index contributed by atoms with van der Waals surface area (Å²) in [6.07, 6.45) is 1.55. The van der Waals surface area contributed by atoms with Gasteiger partial charge in [0.1, 0.15) is 5.65 Å². The number of carbonyl (C=O) groups is 1. The van der Waals surface area contributed by atoms with Crippen LogP contribution >= 0.6 is 11.8 Å². The highest BCUT2D eigenvalue weighted by molar-refractivity contribution is 8.00. The van der Waals surface area contributed by atoms with Crippen molar-refractivity contribution < 1.29 is 9.72 Å². The summed E-state index contributed by atoms with van der Waals surface area (Å²) in [4.78, 5) is 52.0. The highest BCUT2D eigenvalue weighted by Gasteiger charge is 2.17. The van der Waals surface area contributed by atoms with E-state index in [1.807, 2.05) is 0 Å². The maximum atomic E-state index is 12.6. The molecule has 0 saturated carbocycles. The number of nitrogens with zero attached hydrogens (tertiary/aromatic N) is 4. The zero-order valence-corrected chi connectivity index (χ0v) is 16.6. The highest BCUT2D eigenvalue weighted by atomic mass is 32.2. The van der Waals surface area contributed by atoms with E-state index in [4.69, 9.17) is 0 Å². The normalized spacial score (nSPS) is 10.9. The molecule has 150 valence electrons. The van der Waals surface area contributed by atoms with Crippen LogP contribution in [-0.2, 0) is 18.9 Å². The standard InChI is InChI=1S/C18H17N5O5S/c1-10-8-19-16-14(17(25)22(3)18(26)21(16)2)15(10)29-9-13(24)20-11-4-6-12(7-5-11)23(27)28/h4-8H,9H2,1-3H3,(H,20,24). The summed E-state index contributed by atoms with van der Waals surface area (Å²) in [6, 6.07) is 5.49. The first kappa shape index (κ1) is 20.3. The Morgan fingerprint density at radius 1 is 1.21 bits per heavy atom. The second-order valence-corrected chi connectivity index (χ2v) is 7.30. The van der Waals surface area contributed by atoms with Crippen molar-refractivity contribution in [1.82, 2.24) is 14.1 Å². The van der Waals surface area contributed by atoms with Crippen molar-refractivity contribution in [2.45, 2.75) is 11.8 Å². The topological polar surface area (TPSA) is 129 Å². The number of benzene rings is 1. The van der Waals surface area contributed by atoms with E-state index in [1.54, 1.807) is 13.1 Å². The Kier molecular flexibility index (Phi) is 5.50. The Labute approximate surface area is 168 Å². The molecule has 0 spiro atoms. The van der Waals surface area contributed by atoms with E-state index in [9.17, 15) is 24.5 Å². The van der Waals surface area contributed by atoms with Crippen molar-refractivity contribution in [3.8, 4) is 0 Å². The van der Waals surface area contributed by atoms with E-state index >= 15 is 0 Å². The summed E-state index contributed by atoms with van der Waals surface area (Å²) in [5.74, 6) is -0.335. The Morgan fingerprint density at radius 2 is 1.86 bits per heavy atom. The number of rotatable bonds is 5. The van der Waals surface area contributed by atoms with Crippen molar-refractivity contribution in [2.75, 3.05) is 11.1 Å². The number of pyridine rings is 1. The van der Waals surface area contributed by atoms with E-state index < -0.39 is 16.2 Å². The van der Waals surface area contributed by atoms with E-state index in [-0.39, 0.29) is 28.4 Å². The van der Waals surface area contributed by atoms with E-state index in [1.165, 1.54) is 42.9 Å². The van der Waals surface area contributed by atoms with Crippen LogP contribution in [0, 0.1) is 17.0 Å². The summed E-state index contributed by atoms with van der Waals surface area (Å²) in [6.45, 7) is 1.77. The van der Waals surface area contributed by atoms with Crippen molar-refractivity contribution in [1.29, 1.82) is 0 Å². The summed E-state index contributed by atoms with van der Waals surface area (Å²) < 4.78 is 2.29. The molecular formula is C18H17N5O5S. The molecule has 1 aromatic carbocycles. The van der Waals surface area contributed by atoms with Gasteiger partial charge in [-0.25, -0.2) is 9.78 Å². The molecule has 3 aromatic rings. The second-order valence-electron chi connectivity index (χ2n) is 6.32. The molecule has 0 aliphatic rings. The molecule has 1 amide bonds. The zero-order valence-electron chi connectivity index (χ0n) is 15.8. The lowest BCUT2D eigenvalue weighted by Crippen LogP contribution is -2.37. The molecule has 0 aliphatic heterocycles. The highest BCUT2D eigenvalue weighted by Crippen LogP contribution is 2.27. The first-order valence-corrected chi connectivity index (χ1v) is 9.41. The fraction of sp³-hybridized carbons (Fsp3) is 0.222. The molecule has 2 heterocycles. The fourth-order valence-electron chi connectivity index (χ4n) is 2.78. The van der Waals surface area contributed by atoms with Crippen molar-refractivity contribution in [2.24, 2.45) is 14.1 Å². The van der Waals surface area contributed by atoms with Gasteiger partial charge in [0.25, 0.3) is 11.2 Å². The van der Waals surface area contributed by atoms with Crippen molar-refractivity contribution in [3.05, 3.63) is 67.0 Å². The SMILES string of the molecule is Cc1cnc2c(c1SCC(=O)Nc1ccc([N+](=O)[O-])cc1)c(=O)n(C)c(=O)n2C. The maximum absolute atomic E-state index is 12.6.